The van der Waals surface area contributed by atoms with Crippen molar-refractivity contribution in [2.24, 2.45) is 0 Å². The minimum atomic E-state index is -3.71. The molecule has 0 aliphatic heterocycles. The molecule has 156 valence electrons. The van der Waals surface area contributed by atoms with E-state index in [0.717, 1.165) is 18.4 Å². The Hall–Kier alpha value is -1.96. The largest absolute Gasteiger partial charge is 0.331 e. The zero-order valence-electron chi connectivity index (χ0n) is 16.4. The molecular weight excluding hydrogens is 415 g/mol. The molecule has 0 heterocycles. The van der Waals surface area contributed by atoms with Gasteiger partial charge in [0.1, 0.15) is 5.82 Å². The van der Waals surface area contributed by atoms with Crippen molar-refractivity contribution in [3.05, 3.63) is 64.4 Å². The summed E-state index contributed by atoms with van der Waals surface area (Å²) in [5.74, 6) is -0.658. The Morgan fingerprint density at radius 1 is 1.10 bits per heavy atom. The highest BCUT2D eigenvalue weighted by molar-refractivity contribution is 7.89. The number of hydrogen-bond acceptors (Lipinski definition) is 3. The first-order valence-corrected chi connectivity index (χ1v) is 11.4. The molecule has 29 heavy (non-hydrogen) atoms. The van der Waals surface area contributed by atoms with Gasteiger partial charge in [0.15, 0.2) is 0 Å². The van der Waals surface area contributed by atoms with E-state index in [2.05, 4.69) is 0 Å². The highest BCUT2D eigenvalue weighted by Gasteiger charge is 2.34. The van der Waals surface area contributed by atoms with Crippen LogP contribution in [0.15, 0.2) is 47.4 Å². The minimum Gasteiger partial charge on any atom is -0.331 e. The zero-order valence-corrected chi connectivity index (χ0v) is 18.0. The second kappa shape index (κ2) is 8.81. The monoisotopic (exact) mass is 438 g/mol. The zero-order chi connectivity index (χ0) is 21.2. The highest BCUT2D eigenvalue weighted by Crippen LogP contribution is 2.32. The molecule has 1 aliphatic carbocycles. The van der Waals surface area contributed by atoms with E-state index in [1.54, 1.807) is 30.9 Å². The molecule has 0 saturated heterocycles. The van der Waals surface area contributed by atoms with E-state index in [9.17, 15) is 17.6 Å². The average molecular weight is 439 g/mol. The number of amides is 1. The van der Waals surface area contributed by atoms with Gasteiger partial charge in [-0.05, 0) is 48.7 Å². The number of carbonyl (C=O) groups is 1. The molecule has 0 N–H and O–H groups in total. The molecule has 0 aromatic heterocycles. The first-order chi connectivity index (χ1) is 13.8. The van der Waals surface area contributed by atoms with Crippen LogP contribution in [0, 0.1) is 5.82 Å². The third-order valence-electron chi connectivity index (χ3n) is 5.03. The quantitative estimate of drug-likeness (QED) is 0.617. The summed E-state index contributed by atoms with van der Waals surface area (Å²) >= 11 is 6.28. The van der Waals surface area contributed by atoms with Gasteiger partial charge in [-0.3, -0.25) is 4.79 Å². The topological polar surface area (TPSA) is 57.7 Å². The Bertz CT molecular complexity index is 987. The minimum absolute atomic E-state index is 0.0477. The van der Waals surface area contributed by atoms with Crippen molar-refractivity contribution >= 4 is 27.5 Å². The van der Waals surface area contributed by atoms with Crippen molar-refractivity contribution in [2.45, 2.75) is 44.2 Å². The van der Waals surface area contributed by atoms with Crippen LogP contribution in [0.4, 0.5) is 4.39 Å². The summed E-state index contributed by atoms with van der Waals surface area (Å²) in [5, 5.41) is 0.207. The van der Waals surface area contributed by atoms with Gasteiger partial charge in [-0.2, -0.15) is 4.31 Å². The molecule has 3 rings (SSSR count). The number of benzene rings is 2. The van der Waals surface area contributed by atoms with Crippen LogP contribution in [0.25, 0.3) is 0 Å². The number of sulfonamides is 1. The second-order valence-corrected chi connectivity index (χ2v) is 9.37. The van der Waals surface area contributed by atoms with E-state index < -0.39 is 10.0 Å². The molecule has 5 nitrogen and oxygen atoms in total. The summed E-state index contributed by atoms with van der Waals surface area (Å²) in [6.45, 7) is 4.52. The lowest BCUT2D eigenvalue weighted by atomic mass is 10.1. The van der Waals surface area contributed by atoms with Crippen molar-refractivity contribution in [3.63, 3.8) is 0 Å². The third-order valence-corrected chi connectivity index (χ3v) is 7.40. The summed E-state index contributed by atoms with van der Waals surface area (Å²) in [6.07, 6.45) is 1.75. The van der Waals surface area contributed by atoms with Gasteiger partial charge in [-0.25, -0.2) is 12.8 Å². The van der Waals surface area contributed by atoms with E-state index in [4.69, 9.17) is 11.6 Å². The molecule has 1 aliphatic rings. The fourth-order valence-corrected chi connectivity index (χ4v) is 4.92. The molecule has 0 spiro atoms. The smallest absolute Gasteiger partial charge is 0.255 e. The van der Waals surface area contributed by atoms with Crippen molar-refractivity contribution in [2.75, 3.05) is 13.1 Å². The molecule has 0 unspecified atom stereocenters. The SMILES string of the molecule is CCN(CC)S(=O)(=O)c1ccc(Cl)c(C(=O)N(Cc2ccc(F)cc2)C2CC2)c1. The van der Waals surface area contributed by atoms with Gasteiger partial charge < -0.3 is 4.90 Å². The molecule has 2 aromatic carbocycles. The number of hydrogen-bond donors (Lipinski definition) is 0. The molecule has 1 fully saturated rings. The molecule has 2 aromatic rings. The summed E-state index contributed by atoms with van der Waals surface area (Å²) in [7, 11) is -3.71. The molecule has 1 saturated carbocycles. The number of nitrogens with zero attached hydrogens (tertiary/aromatic N) is 2. The lowest BCUT2D eigenvalue weighted by Gasteiger charge is -2.24. The number of carbonyl (C=O) groups excluding carboxylic acids is 1. The molecule has 0 bridgehead atoms. The van der Waals surface area contributed by atoms with Gasteiger partial charge in [-0.15, -0.1) is 0 Å². The predicted molar refractivity (Wildman–Crippen MR) is 111 cm³/mol. The maximum absolute atomic E-state index is 13.3. The van der Waals surface area contributed by atoms with Gasteiger partial charge in [0.25, 0.3) is 5.91 Å². The normalized spacial score (nSPS) is 14.2. The lowest BCUT2D eigenvalue weighted by Crippen LogP contribution is -2.33. The standard InChI is InChI=1S/C21H24ClFN2O3S/c1-3-24(4-2)29(27,28)18-11-12-20(22)19(13-18)21(26)25(17-9-10-17)14-15-5-7-16(23)8-6-15/h5-8,11-13,17H,3-4,9-10,14H2,1-2H3. The van der Waals surface area contributed by atoms with Crippen LogP contribution < -0.4 is 0 Å². The molecular formula is C21H24ClFN2O3S. The van der Waals surface area contributed by atoms with E-state index in [1.807, 2.05) is 0 Å². The fourth-order valence-electron chi connectivity index (χ4n) is 3.24. The number of rotatable bonds is 8. The predicted octanol–water partition coefficient (Wildman–Crippen LogP) is 4.31. The van der Waals surface area contributed by atoms with E-state index in [1.165, 1.54) is 34.6 Å². The summed E-state index contributed by atoms with van der Waals surface area (Å²) in [6, 6.07) is 10.3. The molecule has 8 heteroatoms. The van der Waals surface area contributed by atoms with Crippen LogP contribution in [0.2, 0.25) is 5.02 Å². The van der Waals surface area contributed by atoms with Crippen LogP contribution in [0.5, 0.6) is 0 Å². The first-order valence-electron chi connectivity index (χ1n) is 9.63. The Morgan fingerprint density at radius 3 is 2.28 bits per heavy atom. The Balaban J connectivity index is 1.93. The molecule has 0 atom stereocenters. The van der Waals surface area contributed by atoms with E-state index in [-0.39, 0.29) is 33.2 Å². The van der Waals surface area contributed by atoms with Gasteiger partial charge in [0.2, 0.25) is 10.0 Å². The first kappa shape index (κ1) is 21.7. The van der Waals surface area contributed by atoms with Crippen LogP contribution >= 0.6 is 11.6 Å². The number of halogens is 2. The van der Waals surface area contributed by atoms with Crippen molar-refractivity contribution in [3.8, 4) is 0 Å². The van der Waals surface area contributed by atoms with Gasteiger partial charge >= 0.3 is 0 Å². The van der Waals surface area contributed by atoms with Crippen molar-refractivity contribution < 1.29 is 17.6 Å². The lowest BCUT2D eigenvalue weighted by molar-refractivity contribution is 0.0730. The van der Waals surface area contributed by atoms with Crippen LogP contribution in [-0.2, 0) is 16.6 Å². The highest BCUT2D eigenvalue weighted by atomic mass is 35.5. The summed E-state index contributed by atoms with van der Waals surface area (Å²) in [4.78, 5) is 15.0. The Kier molecular flexibility index (Phi) is 6.61. The van der Waals surface area contributed by atoms with Crippen LogP contribution in [0.3, 0.4) is 0 Å². The molecule has 1 amide bonds. The van der Waals surface area contributed by atoms with Crippen LogP contribution in [-0.4, -0.2) is 42.7 Å². The van der Waals surface area contributed by atoms with E-state index >= 15 is 0 Å². The fraction of sp³-hybridized carbons (Fsp3) is 0.381. The average Bonchev–Trinajstić information content (AvgIpc) is 3.53. The Labute approximate surface area is 176 Å². The maximum atomic E-state index is 13.3. The maximum Gasteiger partial charge on any atom is 0.255 e. The van der Waals surface area contributed by atoms with E-state index in [0.29, 0.717) is 19.6 Å². The van der Waals surface area contributed by atoms with Gasteiger partial charge in [-0.1, -0.05) is 37.6 Å². The van der Waals surface area contributed by atoms with Crippen LogP contribution in [0.1, 0.15) is 42.6 Å². The van der Waals surface area contributed by atoms with Gasteiger partial charge in [0.05, 0.1) is 15.5 Å². The summed E-state index contributed by atoms with van der Waals surface area (Å²) < 4.78 is 40.2. The molecule has 0 radical (unpaired) electrons. The van der Waals surface area contributed by atoms with Crippen molar-refractivity contribution in [1.82, 2.24) is 9.21 Å². The summed E-state index contributed by atoms with van der Waals surface area (Å²) in [5.41, 5.74) is 0.962. The third kappa shape index (κ3) is 4.79. The van der Waals surface area contributed by atoms with Gasteiger partial charge in [0, 0.05) is 25.7 Å². The van der Waals surface area contributed by atoms with Crippen molar-refractivity contribution in [1.29, 1.82) is 0 Å². The second-order valence-electron chi connectivity index (χ2n) is 7.02. The Morgan fingerprint density at radius 2 is 1.72 bits per heavy atom.